The standard InChI is InChI=1S/C21H21N3O3/c1-15-13-23(21(26)22-20(15)25)19-12-18(17-10-6-3-7-11-17)24(27-19)14-16-8-4-2-5-9-16/h2-11,13,18-19H,12,14H2,1H3,(H,22,25,26)/t18-,19-/m1/s1. The minimum atomic E-state index is -0.470. The van der Waals surface area contributed by atoms with Gasteiger partial charge in [-0.15, -0.1) is 0 Å². The van der Waals surface area contributed by atoms with Crippen LogP contribution in [-0.4, -0.2) is 14.6 Å². The van der Waals surface area contributed by atoms with Crippen molar-refractivity contribution in [2.45, 2.75) is 32.2 Å². The average Bonchev–Trinajstić information content (AvgIpc) is 3.09. The third-order valence-corrected chi connectivity index (χ3v) is 4.85. The summed E-state index contributed by atoms with van der Waals surface area (Å²) in [5.74, 6) is 0. The molecule has 3 aromatic rings. The Balaban J connectivity index is 1.68. The van der Waals surface area contributed by atoms with Crippen LogP contribution in [0.15, 0.2) is 76.4 Å². The summed E-state index contributed by atoms with van der Waals surface area (Å²) in [4.78, 5) is 32.5. The highest BCUT2D eigenvalue weighted by Crippen LogP contribution is 2.39. The highest BCUT2D eigenvalue weighted by Gasteiger charge is 2.36. The monoisotopic (exact) mass is 363 g/mol. The van der Waals surface area contributed by atoms with Crippen LogP contribution < -0.4 is 11.2 Å². The summed E-state index contributed by atoms with van der Waals surface area (Å²) < 4.78 is 1.47. The first kappa shape index (κ1) is 17.5. The van der Waals surface area contributed by atoms with Crippen LogP contribution >= 0.6 is 0 Å². The summed E-state index contributed by atoms with van der Waals surface area (Å²) in [5.41, 5.74) is 1.92. The van der Waals surface area contributed by atoms with E-state index in [-0.39, 0.29) is 11.6 Å². The molecule has 6 heteroatoms. The lowest BCUT2D eigenvalue weighted by molar-refractivity contribution is -0.191. The second kappa shape index (κ2) is 7.34. The van der Waals surface area contributed by atoms with E-state index in [2.05, 4.69) is 29.2 Å². The van der Waals surface area contributed by atoms with Gasteiger partial charge in [-0.3, -0.25) is 19.2 Å². The summed E-state index contributed by atoms with van der Waals surface area (Å²) in [7, 11) is 0. The normalized spacial score (nSPS) is 20.0. The molecule has 0 saturated carbocycles. The molecule has 0 radical (unpaired) electrons. The van der Waals surface area contributed by atoms with Crippen molar-refractivity contribution in [3.63, 3.8) is 0 Å². The van der Waals surface area contributed by atoms with Gasteiger partial charge in [0.1, 0.15) is 0 Å². The van der Waals surface area contributed by atoms with Crippen LogP contribution in [0, 0.1) is 6.92 Å². The molecule has 1 N–H and O–H groups in total. The Labute approximate surface area is 156 Å². The quantitative estimate of drug-likeness (QED) is 0.774. The largest absolute Gasteiger partial charge is 0.330 e. The van der Waals surface area contributed by atoms with E-state index < -0.39 is 11.9 Å². The maximum absolute atomic E-state index is 12.3. The van der Waals surface area contributed by atoms with E-state index in [0.717, 1.165) is 11.1 Å². The topological polar surface area (TPSA) is 67.3 Å². The summed E-state index contributed by atoms with van der Waals surface area (Å²) in [6, 6.07) is 20.2. The molecular formula is C21H21N3O3. The number of aromatic amines is 1. The molecule has 2 heterocycles. The van der Waals surface area contributed by atoms with Crippen molar-refractivity contribution in [3.05, 3.63) is 104 Å². The third kappa shape index (κ3) is 3.63. The Morgan fingerprint density at radius 3 is 2.41 bits per heavy atom. The van der Waals surface area contributed by atoms with Gasteiger partial charge < -0.3 is 0 Å². The second-order valence-electron chi connectivity index (χ2n) is 6.76. The van der Waals surface area contributed by atoms with Crippen molar-refractivity contribution < 1.29 is 4.84 Å². The number of hydrogen-bond acceptors (Lipinski definition) is 4. The van der Waals surface area contributed by atoms with Gasteiger partial charge in [-0.1, -0.05) is 60.7 Å². The number of hydrogen-bond donors (Lipinski definition) is 1. The lowest BCUT2D eigenvalue weighted by Crippen LogP contribution is -2.33. The van der Waals surface area contributed by atoms with Crippen molar-refractivity contribution in [1.82, 2.24) is 14.6 Å². The molecule has 1 saturated heterocycles. The van der Waals surface area contributed by atoms with Crippen LogP contribution in [0.25, 0.3) is 0 Å². The minimum absolute atomic E-state index is 0.00976. The molecule has 1 aromatic heterocycles. The minimum Gasteiger partial charge on any atom is -0.274 e. The molecule has 0 spiro atoms. The fourth-order valence-electron chi connectivity index (χ4n) is 3.43. The fraction of sp³-hybridized carbons (Fsp3) is 0.238. The van der Waals surface area contributed by atoms with Crippen LogP contribution in [0.5, 0.6) is 0 Å². The van der Waals surface area contributed by atoms with E-state index >= 15 is 0 Å². The molecule has 1 fully saturated rings. The first-order chi connectivity index (χ1) is 13.1. The Bertz CT molecular complexity index is 1030. The summed E-state index contributed by atoms with van der Waals surface area (Å²) in [6.45, 7) is 2.29. The van der Waals surface area contributed by atoms with Gasteiger partial charge >= 0.3 is 5.69 Å². The van der Waals surface area contributed by atoms with E-state index in [0.29, 0.717) is 18.5 Å². The molecule has 0 amide bonds. The molecular weight excluding hydrogens is 342 g/mol. The zero-order valence-electron chi connectivity index (χ0n) is 15.0. The molecule has 2 atom stereocenters. The lowest BCUT2D eigenvalue weighted by Gasteiger charge is -2.23. The number of nitrogens with zero attached hydrogens (tertiary/aromatic N) is 2. The van der Waals surface area contributed by atoms with Gasteiger partial charge in [0.25, 0.3) is 5.56 Å². The fourth-order valence-corrected chi connectivity index (χ4v) is 3.43. The van der Waals surface area contributed by atoms with Gasteiger partial charge in [-0.2, -0.15) is 5.06 Å². The number of H-pyrrole nitrogens is 1. The Hall–Kier alpha value is -2.96. The maximum Gasteiger partial charge on any atom is 0.330 e. The van der Waals surface area contributed by atoms with Gasteiger partial charge in [0.2, 0.25) is 0 Å². The number of aromatic nitrogens is 2. The summed E-state index contributed by atoms with van der Waals surface area (Å²) in [5, 5.41) is 1.92. The van der Waals surface area contributed by atoms with Crippen molar-refractivity contribution in [2.24, 2.45) is 0 Å². The maximum atomic E-state index is 12.3. The zero-order valence-corrected chi connectivity index (χ0v) is 15.0. The first-order valence-corrected chi connectivity index (χ1v) is 8.96. The molecule has 6 nitrogen and oxygen atoms in total. The Morgan fingerprint density at radius 2 is 1.70 bits per heavy atom. The highest BCUT2D eigenvalue weighted by atomic mass is 16.7. The molecule has 0 unspecified atom stereocenters. The summed E-state index contributed by atoms with van der Waals surface area (Å²) >= 11 is 0. The van der Waals surface area contributed by atoms with Gasteiger partial charge in [0.05, 0.1) is 6.04 Å². The summed E-state index contributed by atoms with van der Waals surface area (Å²) in [6.07, 6.45) is 1.71. The van der Waals surface area contributed by atoms with Gasteiger partial charge in [0.15, 0.2) is 6.23 Å². The highest BCUT2D eigenvalue weighted by molar-refractivity contribution is 5.21. The predicted octanol–water partition coefficient (Wildman–Crippen LogP) is 2.92. The lowest BCUT2D eigenvalue weighted by atomic mass is 10.0. The smallest absolute Gasteiger partial charge is 0.274 e. The Morgan fingerprint density at radius 1 is 1.04 bits per heavy atom. The third-order valence-electron chi connectivity index (χ3n) is 4.85. The van der Waals surface area contributed by atoms with Gasteiger partial charge in [0, 0.05) is 24.7 Å². The van der Waals surface area contributed by atoms with Crippen LogP contribution in [0.1, 0.15) is 35.4 Å². The predicted molar refractivity (Wildman–Crippen MR) is 102 cm³/mol. The van der Waals surface area contributed by atoms with Crippen LogP contribution in [0.2, 0.25) is 0 Å². The number of aryl methyl sites for hydroxylation is 1. The first-order valence-electron chi connectivity index (χ1n) is 8.96. The van der Waals surface area contributed by atoms with Crippen LogP contribution in [-0.2, 0) is 11.4 Å². The average molecular weight is 363 g/mol. The molecule has 27 heavy (non-hydrogen) atoms. The molecule has 138 valence electrons. The molecule has 1 aliphatic heterocycles. The van der Waals surface area contributed by atoms with E-state index in [9.17, 15) is 9.59 Å². The van der Waals surface area contributed by atoms with E-state index in [1.54, 1.807) is 13.1 Å². The number of hydroxylamine groups is 2. The number of benzene rings is 2. The Kier molecular flexibility index (Phi) is 4.75. The van der Waals surface area contributed by atoms with E-state index in [4.69, 9.17) is 4.84 Å². The van der Waals surface area contributed by atoms with E-state index in [1.165, 1.54) is 4.57 Å². The van der Waals surface area contributed by atoms with E-state index in [1.807, 2.05) is 41.5 Å². The molecule has 2 aromatic carbocycles. The zero-order chi connectivity index (χ0) is 18.8. The van der Waals surface area contributed by atoms with Crippen molar-refractivity contribution >= 4 is 0 Å². The van der Waals surface area contributed by atoms with Crippen LogP contribution in [0.4, 0.5) is 0 Å². The molecule has 1 aliphatic rings. The molecule has 4 rings (SSSR count). The van der Waals surface area contributed by atoms with Crippen molar-refractivity contribution in [3.8, 4) is 0 Å². The van der Waals surface area contributed by atoms with Crippen LogP contribution in [0.3, 0.4) is 0 Å². The molecule has 0 bridgehead atoms. The van der Waals surface area contributed by atoms with Crippen molar-refractivity contribution in [2.75, 3.05) is 0 Å². The van der Waals surface area contributed by atoms with Crippen molar-refractivity contribution in [1.29, 1.82) is 0 Å². The SMILES string of the molecule is Cc1cn([C@H]2C[C@H](c3ccccc3)N(Cc3ccccc3)O2)c(=O)[nH]c1=O. The van der Waals surface area contributed by atoms with Gasteiger partial charge in [-0.25, -0.2) is 4.79 Å². The van der Waals surface area contributed by atoms with Gasteiger partial charge in [-0.05, 0) is 18.1 Å². The number of nitrogens with one attached hydrogen (secondary N) is 1. The molecule has 0 aliphatic carbocycles. The second-order valence-corrected chi connectivity index (χ2v) is 6.76. The number of rotatable bonds is 4.